The van der Waals surface area contributed by atoms with Crippen LogP contribution in [0.2, 0.25) is 0 Å². The number of benzene rings is 1. The van der Waals surface area contributed by atoms with Crippen LogP contribution in [0.25, 0.3) is 11.4 Å². The molecule has 0 aliphatic heterocycles. The van der Waals surface area contributed by atoms with Gasteiger partial charge in [0.1, 0.15) is 0 Å². The zero-order valence-corrected chi connectivity index (χ0v) is 15.1. The number of hydrogen-bond donors (Lipinski definition) is 0. The third-order valence-electron chi connectivity index (χ3n) is 4.26. The van der Waals surface area contributed by atoms with Crippen molar-refractivity contribution in [3.63, 3.8) is 0 Å². The molecule has 0 saturated carbocycles. The molecular formula is C20H22N4O2. The van der Waals surface area contributed by atoms with E-state index < -0.39 is 0 Å². The molecule has 0 unspecified atom stereocenters. The summed E-state index contributed by atoms with van der Waals surface area (Å²) in [7, 11) is 0. The lowest BCUT2D eigenvalue weighted by Crippen LogP contribution is -2.30. The summed E-state index contributed by atoms with van der Waals surface area (Å²) in [6.45, 7) is 5.21. The molecule has 2 aromatic heterocycles. The van der Waals surface area contributed by atoms with E-state index in [9.17, 15) is 4.79 Å². The Labute approximate surface area is 152 Å². The maximum absolute atomic E-state index is 12.5. The van der Waals surface area contributed by atoms with Crippen LogP contribution in [0.15, 0.2) is 53.3 Å². The predicted octanol–water partition coefficient (Wildman–Crippen LogP) is 3.42. The first-order chi connectivity index (χ1) is 12.7. The highest BCUT2D eigenvalue weighted by atomic mass is 16.5. The smallest absolute Gasteiger partial charge is 0.227 e. The minimum absolute atomic E-state index is 0.0694. The molecule has 0 aliphatic carbocycles. The molecule has 3 aromatic rings. The van der Waals surface area contributed by atoms with Crippen molar-refractivity contribution in [2.24, 2.45) is 0 Å². The largest absolute Gasteiger partial charge is 0.339 e. The van der Waals surface area contributed by atoms with Crippen molar-refractivity contribution in [3.05, 3.63) is 65.8 Å². The van der Waals surface area contributed by atoms with Crippen LogP contribution in [0, 0.1) is 6.92 Å². The summed E-state index contributed by atoms with van der Waals surface area (Å²) in [5, 5.41) is 4.04. The van der Waals surface area contributed by atoms with E-state index in [0.717, 1.165) is 16.7 Å². The highest BCUT2D eigenvalue weighted by Gasteiger charge is 2.15. The number of aromatic nitrogens is 3. The second-order valence-corrected chi connectivity index (χ2v) is 6.09. The van der Waals surface area contributed by atoms with E-state index in [1.165, 1.54) is 0 Å². The first-order valence-electron chi connectivity index (χ1n) is 8.72. The number of nitrogens with zero attached hydrogens (tertiary/aromatic N) is 4. The molecule has 0 N–H and O–H groups in total. The Morgan fingerprint density at radius 3 is 2.65 bits per heavy atom. The van der Waals surface area contributed by atoms with Gasteiger partial charge in [0.2, 0.25) is 17.6 Å². The molecule has 2 heterocycles. The maximum atomic E-state index is 12.5. The molecule has 6 nitrogen and oxygen atoms in total. The topological polar surface area (TPSA) is 72.1 Å². The van der Waals surface area contributed by atoms with Crippen LogP contribution in [-0.4, -0.2) is 32.5 Å². The van der Waals surface area contributed by atoms with Gasteiger partial charge >= 0.3 is 0 Å². The van der Waals surface area contributed by atoms with Crippen molar-refractivity contribution in [1.82, 2.24) is 20.0 Å². The minimum atomic E-state index is 0.0694. The average molecular weight is 350 g/mol. The molecule has 0 bridgehead atoms. The molecule has 26 heavy (non-hydrogen) atoms. The van der Waals surface area contributed by atoms with Gasteiger partial charge in [0, 0.05) is 43.9 Å². The quantitative estimate of drug-likeness (QED) is 0.653. The van der Waals surface area contributed by atoms with Gasteiger partial charge in [0.25, 0.3) is 0 Å². The van der Waals surface area contributed by atoms with Crippen molar-refractivity contribution in [1.29, 1.82) is 0 Å². The van der Waals surface area contributed by atoms with Gasteiger partial charge < -0.3 is 9.42 Å². The van der Waals surface area contributed by atoms with E-state index in [1.54, 1.807) is 12.4 Å². The second-order valence-electron chi connectivity index (χ2n) is 6.09. The number of aryl methyl sites for hydroxylation is 2. The van der Waals surface area contributed by atoms with Crippen LogP contribution in [0.5, 0.6) is 0 Å². The van der Waals surface area contributed by atoms with Crippen molar-refractivity contribution in [2.45, 2.75) is 33.2 Å². The van der Waals surface area contributed by atoms with Crippen LogP contribution in [0.3, 0.4) is 0 Å². The summed E-state index contributed by atoms with van der Waals surface area (Å²) in [6, 6.07) is 11.7. The zero-order chi connectivity index (χ0) is 18.4. The van der Waals surface area contributed by atoms with Crippen LogP contribution >= 0.6 is 0 Å². The summed E-state index contributed by atoms with van der Waals surface area (Å²) in [6.07, 6.45) is 4.25. The first-order valence-corrected chi connectivity index (χ1v) is 8.72. The SMILES string of the molecule is CCN(Cc1ccncc1)C(=O)CCc1nc(-c2ccccc2C)no1. The fourth-order valence-electron chi connectivity index (χ4n) is 2.75. The highest BCUT2D eigenvalue weighted by molar-refractivity contribution is 5.76. The van der Waals surface area contributed by atoms with Crippen molar-refractivity contribution < 1.29 is 9.32 Å². The van der Waals surface area contributed by atoms with Crippen molar-refractivity contribution in [2.75, 3.05) is 6.54 Å². The highest BCUT2D eigenvalue weighted by Crippen LogP contribution is 2.20. The summed E-state index contributed by atoms with van der Waals surface area (Å²) >= 11 is 0. The molecule has 1 aromatic carbocycles. The van der Waals surface area contributed by atoms with Crippen LogP contribution in [-0.2, 0) is 17.8 Å². The molecule has 134 valence electrons. The Morgan fingerprint density at radius 2 is 1.92 bits per heavy atom. The van der Waals surface area contributed by atoms with Crippen LogP contribution < -0.4 is 0 Å². The van der Waals surface area contributed by atoms with Gasteiger partial charge in [-0.3, -0.25) is 9.78 Å². The fraction of sp³-hybridized carbons (Fsp3) is 0.300. The van der Waals surface area contributed by atoms with E-state index in [2.05, 4.69) is 15.1 Å². The first kappa shape index (κ1) is 17.8. The molecule has 1 amide bonds. The Kier molecular flexibility index (Phi) is 5.73. The number of carbonyl (C=O) groups is 1. The Hall–Kier alpha value is -3.02. The van der Waals surface area contributed by atoms with Crippen molar-refractivity contribution >= 4 is 5.91 Å². The molecule has 6 heteroatoms. The monoisotopic (exact) mass is 350 g/mol. The van der Waals surface area contributed by atoms with Gasteiger partial charge in [0.15, 0.2) is 0 Å². The van der Waals surface area contributed by atoms with Crippen LogP contribution in [0.4, 0.5) is 0 Å². The third-order valence-corrected chi connectivity index (χ3v) is 4.26. The molecule has 0 fully saturated rings. The van der Waals surface area contributed by atoms with E-state index in [0.29, 0.717) is 37.6 Å². The fourth-order valence-corrected chi connectivity index (χ4v) is 2.75. The molecule has 3 rings (SSSR count). The van der Waals surface area contributed by atoms with Gasteiger partial charge in [0.05, 0.1) is 0 Å². The Bertz CT molecular complexity index is 861. The normalized spacial score (nSPS) is 10.7. The number of amides is 1. The van der Waals surface area contributed by atoms with E-state index in [4.69, 9.17) is 4.52 Å². The maximum Gasteiger partial charge on any atom is 0.227 e. The number of carbonyl (C=O) groups excluding carboxylic acids is 1. The van der Waals surface area contributed by atoms with Crippen molar-refractivity contribution in [3.8, 4) is 11.4 Å². The summed E-state index contributed by atoms with van der Waals surface area (Å²) in [5.74, 6) is 1.12. The van der Waals surface area contributed by atoms with Gasteiger partial charge in [-0.15, -0.1) is 0 Å². The number of hydrogen-bond acceptors (Lipinski definition) is 5. The van der Waals surface area contributed by atoms with Gasteiger partial charge in [-0.25, -0.2) is 0 Å². The van der Waals surface area contributed by atoms with Gasteiger partial charge in [-0.05, 0) is 37.1 Å². The number of pyridine rings is 1. The van der Waals surface area contributed by atoms with Gasteiger partial charge in [-0.1, -0.05) is 29.4 Å². The molecular weight excluding hydrogens is 328 g/mol. The number of rotatable bonds is 7. The zero-order valence-electron chi connectivity index (χ0n) is 15.1. The van der Waals surface area contributed by atoms with Crippen LogP contribution in [0.1, 0.15) is 30.4 Å². The standard InChI is InChI=1S/C20H22N4O2/c1-3-24(14-16-10-12-21-13-11-16)19(25)9-8-18-22-20(23-26-18)17-7-5-4-6-15(17)2/h4-7,10-13H,3,8-9,14H2,1-2H3. The van der Waals surface area contributed by atoms with Gasteiger partial charge in [-0.2, -0.15) is 4.98 Å². The lowest BCUT2D eigenvalue weighted by molar-refractivity contribution is -0.131. The molecule has 0 saturated heterocycles. The Morgan fingerprint density at radius 1 is 1.15 bits per heavy atom. The van der Waals surface area contributed by atoms with E-state index in [1.807, 2.05) is 55.1 Å². The predicted molar refractivity (Wildman–Crippen MR) is 98.1 cm³/mol. The molecule has 0 radical (unpaired) electrons. The summed E-state index contributed by atoms with van der Waals surface area (Å²) in [4.78, 5) is 22.7. The Balaban J connectivity index is 1.60. The molecule has 0 aliphatic rings. The molecule has 0 spiro atoms. The lowest BCUT2D eigenvalue weighted by Gasteiger charge is -2.20. The minimum Gasteiger partial charge on any atom is -0.339 e. The second kappa shape index (κ2) is 8.38. The lowest BCUT2D eigenvalue weighted by atomic mass is 10.1. The summed E-state index contributed by atoms with van der Waals surface area (Å²) in [5.41, 5.74) is 3.10. The van der Waals surface area contributed by atoms with E-state index in [-0.39, 0.29) is 5.91 Å². The average Bonchev–Trinajstić information content (AvgIpc) is 3.14. The van der Waals surface area contributed by atoms with E-state index >= 15 is 0 Å². The summed E-state index contributed by atoms with van der Waals surface area (Å²) < 4.78 is 5.32. The molecule has 0 atom stereocenters. The third kappa shape index (κ3) is 4.33.